The molecule has 0 fully saturated rings. The van der Waals surface area contributed by atoms with Crippen LogP contribution < -0.4 is 0 Å². The van der Waals surface area contributed by atoms with Crippen molar-refractivity contribution < 1.29 is 9.90 Å². The van der Waals surface area contributed by atoms with Gasteiger partial charge in [-0.2, -0.15) is 0 Å². The fraction of sp³-hybridized carbons (Fsp3) is 0.696. The van der Waals surface area contributed by atoms with Crippen molar-refractivity contribution in [1.29, 1.82) is 0 Å². The van der Waals surface area contributed by atoms with Crippen LogP contribution in [0.1, 0.15) is 103 Å². The van der Waals surface area contributed by atoms with Gasteiger partial charge in [0.05, 0.1) is 0 Å². The van der Waals surface area contributed by atoms with E-state index in [0.29, 0.717) is 6.42 Å². The number of rotatable bonds is 18. The Morgan fingerprint density at radius 3 is 1.60 bits per heavy atom. The van der Waals surface area contributed by atoms with Gasteiger partial charge in [0.1, 0.15) is 0 Å². The van der Waals surface area contributed by atoms with Crippen LogP contribution in [0.5, 0.6) is 0 Å². The van der Waals surface area contributed by atoms with E-state index in [1.54, 1.807) is 0 Å². The lowest BCUT2D eigenvalue weighted by Gasteiger charge is -1.99. The molecule has 0 rings (SSSR count). The highest BCUT2D eigenvalue weighted by atomic mass is 16.4. The highest BCUT2D eigenvalue weighted by Crippen LogP contribution is 2.09. The van der Waals surface area contributed by atoms with Crippen molar-refractivity contribution in [2.45, 2.75) is 103 Å². The molecule has 2 heteroatoms. The quantitative estimate of drug-likeness (QED) is 0.204. The Labute approximate surface area is 156 Å². The highest BCUT2D eigenvalue weighted by molar-refractivity contribution is 5.66. The Balaban J connectivity index is 3.26. The van der Waals surface area contributed by atoms with Crippen LogP contribution in [0.4, 0.5) is 0 Å². The first kappa shape index (κ1) is 23.7. The molecular weight excluding hydrogens is 308 g/mol. The van der Waals surface area contributed by atoms with E-state index in [1.807, 2.05) is 0 Å². The second-order valence-corrected chi connectivity index (χ2v) is 6.79. The summed E-state index contributed by atoms with van der Waals surface area (Å²) in [5.41, 5.74) is 0. The average Bonchev–Trinajstić information content (AvgIpc) is 2.60. The van der Waals surface area contributed by atoms with Crippen LogP contribution in [-0.4, -0.2) is 11.1 Å². The maximum absolute atomic E-state index is 10.4. The van der Waals surface area contributed by atoms with E-state index in [1.165, 1.54) is 64.2 Å². The van der Waals surface area contributed by atoms with Crippen molar-refractivity contribution in [3.8, 4) is 0 Å². The van der Waals surface area contributed by atoms with E-state index >= 15 is 0 Å². The summed E-state index contributed by atoms with van der Waals surface area (Å²) in [5, 5.41) is 8.55. The summed E-state index contributed by atoms with van der Waals surface area (Å²) in [6.07, 6.45) is 30.7. The zero-order valence-electron chi connectivity index (χ0n) is 16.4. The molecule has 0 unspecified atom stereocenters. The summed E-state index contributed by atoms with van der Waals surface area (Å²) in [5.74, 6) is -0.669. The second-order valence-electron chi connectivity index (χ2n) is 6.79. The maximum Gasteiger partial charge on any atom is 0.303 e. The molecule has 0 bridgehead atoms. The average molecular weight is 349 g/mol. The minimum absolute atomic E-state index is 0.324. The summed E-state index contributed by atoms with van der Waals surface area (Å²) in [4.78, 5) is 10.4. The monoisotopic (exact) mass is 348 g/mol. The molecule has 0 spiro atoms. The first-order chi connectivity index (χ1) is 12.3. The van der Waals surface area contributed by atoms with Gasteiger partial charge in [-0.05, 0) is 44.9 Å². The number of carbonyl (C=O) groups is 1. The van der Waals surface area contributed by atoms with E-state index in [0.717, 1.165) is 25.7 Å². The van der Waals surface area contributed by atoms with Crippen LogP contribution >= 0.6 is 0 Å². The number of hydrogen-bond acceptors (Lipinski definition) is 1. The van der Waals surface area contributed by atoms with Crippen molar-refractivity contribution >= 4 is 5.97 Å². The van der Waals surface area contributed by atoms with Crippen LogP contribution in [0.2, 0.25) is 0 Å². The standard InChI is InChI=1S/C23H40O2/c1-2-3-4-5-6-7-8-9-10-11-12-13-14-15-16-17-18-19-20-21-22-23(24)25/h7-8,10-11,13-14H,2-6,9,12,15-22H2,1H3,(H,24,25). The van der Waals surface area contributed by atoms with Gasteiger partial charge < -0.3 is 5.11 Å². The van der Waals surface area contributed by atoms with E-state index in [-0.39, 0.29) is 0 Å². The summed E-state index contributed by atoms with van der Waals surface area (Å²) in [7, 11) is 0. The van der Waals surface area contributed by atoms with E-state index < -0.39 is 5.97 Å². The smallest absolute Gasteiger partial charge is 0.303 e. The van der Waals surface area contributed by atoms with Gasteiger partial charge in [0.15, 0.2) is 0 Å². The first-order valence-corrected chi connectivity index (χ1v) is 10.4. The molecule has 0 aliphatic rings. The predicted molar refractivity (Wildman–Crippen MR) is 110 cm³/mol. The molecule has 0 heterocycles. The van der Waals surface area contributed by atoms with Crippen molar-refractivity contribution in [1.82, 2.24) is 0 Å². The number of aliphatic carboxylic acids is 1. The zero-order valence-corrected chi connectivity index (χ0v) is 16.4. The van der Waals surface area contributed by atoms with E-state index in [9.17, 15) is 4.79 Å². The number of allylic oxidation sites excluding steroid dienone is 6. The lowest BCUT2D eigenvalue weighted by Crippen LogP contribution is -1.93. The van der Waals surface area contributed by atoms with Crippen LogP contribution in [0.15, 0.2) is 36.5 Å². The van der Waals surface area contributed by atoms with Gasteiger partial charge in [-0.25, -0.2) is 0 Å². The molecule has 0 atom stereocenters. The molecule has 0 aliphatic carbocycles. The lowest BCUT2D eigenvalue weighted by atomic mass is 10.1. The third-order valence-corrected chi connectivity index (χ3v) is 4.28. The molecule has 0 aliphatic heterocycles. The summed E-state index contributed by atoms with van der Waals surface area (Å²) in [6, 6.07) is 0. The molecule has 0 saturated carbocycles. The molecule has 0 aromatic rings. The number of hydrogen-bond donors (Lipinski definition) is 1. The molecule has 1 N–H and O–H groups in total. The van der Waals surface area contributed by atoms with Gasteiger partial charge in [0.25, 0.3) is 0 Å². The molecule has 0 amide bonds. The van der Waals surface area contributed by atoms with Crippen LogP contribution in [-0.2, 0) is 4.79 Å². The largest absolute Gasteiger partial charge is 0.481 e. The highest BCUT2D eigenvalue weighted by Gasteiger charge is 1.96. The number of carboxylic acid groups (broad SMARTS) is 1. The van der Waals surface area contributed by atoms with Crippen LogP contribution in [0.25, 0.3) is 0 Å². The van der Waals surface area contributed by atoms with Crippen LogP contribution in [0.3, 0.4) is 0 Å². The number of carboxylic acids is 1. The normalized spacial score (nSPS) is 12.0. The second kappa shape index (κ2) is 20.7. The fourth-order valence-corrected chi connectivity index (χ4v) is 2.71. The predicted octanol–water partition coefficient (Wildman–Crippen LogP) is 7.61. The van der Waals surface area contributed by atoms with Crippen molar-refractivity contribution in [3.05, 3.63) is 36.5 Å². The third kappa shape index (κ3) is 22.7. The van der Waals surface area contributed by atoms with Gasteiger partial charge in [-0.15, -0.1) is 0 Å². The van der Waals surface area contributed by atoms with E-state index in [2.05, 4.69) is 43.4 Å². The van der Waals surface area contributed by atoms with Gasteiger partial charge in [0, 0.05) is 6.42 Å². The molecule has 0 aromatic carbocycles. The molecule has 25 heavy (non-hydrogen) atoms. The van der Waals surface area contributed by atoms with Gasteiger partial charge in [-0.1, -0.05) is 88.3 Å². The first-order valence-electron chi connectivity index (χ1n) is 10.4. The molecule has 0 saturated heterocycles. The molecule has 0 radical (unpaired) electrons. The van der Waals surface area contributed by atoms with Gasteiger partial charge in [0.2, 0.25) is 0 Å². The Morgan fingerprint density at radius 2 is 1.08 bits per heavy atom. The zero-order chi connectivity index (χ0) is 18.4. The minimum Gasteiger partial charge on any atom is -0.481 e. The fourth-order valence-electron chi connectivity index (χ4n) is 2.71. The van der Waals surface area contributed by atoms with Crippen molar-refractivity contribution in [3.63, 3.8) is 0 Å². The SMILES string of the molecule is CCCCCCC=CCC=CCC=CCCCCCCCCC(=O)O. The third-order valence-electron chi connectivity index (χ3n) is 4.28. The molecular formula is C23H40O2. The topological polar surface area (TPSA) is 37.3 Å². The number of unbranched alkanes of at least 4 members (excludes halogenated alkanes) is 10. The minimum atomic E-state index is -0.669. The Hall–Kier alpha value is -1.31. The van der Waals surface area contributed by atoms with Gasteiger partial charge >= 0.3 is 5.97 Å². The molecule has 0 aromatic heterocycles. The lowest BCUT2D eigenvalue weighted by molar-refractivity contribution is -0.137. The molecule has 144 valence electrons. The maximum atomic E-state index is 10.4. The molecule has 2 nitrogen and oxygen atoms in total. The van der Waals surface area contributed by atoms with Crippen LogP contribution in [0, 0.1) is 0 Å². The summed E-state index contributed by atoms with van der Waals surface area (Å²) < 4.78 is 0. The van der Waals surface area contributed by atoms with Gasteiger partial charge in [-0.3, -0.25) is 4.79 Å². The Morgan fingerprint density at radius 1 is 0.640 bits per heavy atom. The summed E-state index contributed by atoms with van der Waals surface area (Å²) in [6.45, 7) is 2.25. The Kier molecular flexibility index (Phi) is 19.6. The van der Waals surface area contributed by atoms with Crippen molar-refractivity contribution in [2.24, 2.45) is 0 Å². The van der Waals surface area contributed by atoms with Crippen molar-refractivity contribution in [2.75, 3.05) is 0 Å². The summed E-state index contributed by atoms with van der Waals surface area (Å²) >= 11 is 0. The Bertz CT molecular complexity index is 366. The van der Waals surface area contributed by atoms with E-state index in [4.69, 9.17) is 5.11 Å².